The van der Waals surface area contributed by atoms with Crippen LogP contribution in [0.2, 0.25) is 0 Å². The molecule has 0 saturated carbocycles. The van der Waals surface area contributed by atoms with Crippen molar-refractivity contribution in [3.05, 3.63) is 46.0 Å². The smallest absolute Gasteiger partial charge is 0.268 e. The predicted octanol–water partition coefficient (Wildman–Crippen LogP) is 3.58. The van der Waals surface area contributed by atoms with Gasteiger partial charge in [-0.1, -0.05) is 18.2 Å². The lowest BCUT2D eigenvalue weighted by Gasteiger charge is -2.06. The van der Waals surface area contributed by atoms with Gasteiger partial charge in [-0.15, -0.1) is 11.3 Å². The first kappa shape index (κ1) is 16.2. The number of anilines is 1. The minimum Gasteiger partial charge on any atom is -0.496 e. The Bertz CT molecular complexity index is 810. The van der Waals surface area contributed by atoms with E-state index in [-0.39, 0.29) is 5.57 Å². The second-order valence-electron chi connectivity index (χ2n) is 5.46. The molecule has 0 atom stereocenters. The summed E-state index contributed by atoms with van der Waals surface area (Å²) < 4.78 is 5.25. The van der Waals surface area contributed by atoms with Gasteiger partial charge >= 0.3 is 0 Å². The lowest BCUT2D eigenvalue weighted by molar-refractivity contribution is -0.112. The van der Waals surface area contributed by atoms with Crippen LogP contribution < -0.4 is 10.1 Å². The first-order valence-electron chi connectivity index (χ1n) is 7.76. The largest absolute Gasteiger partial charge is 0.496 e. The van der Waals surface area contributed by atoms with Gasteiger partial charge in [0.05, 0.1) is 12.8 Å². The fourth-order valence-electron chi connectivity index (χ4n) is 2.66. The van der Waals surface area contributed by atoms with Crippen LogP contribution in [0.4, 0.5) is 5.13 Å². The number of para-hydroxylation sites is 1. The van der Waals surface area contributed by atoms with Crippen LogP contribution in [0.25, 0.3) is 6.08 Å². The van der Waals surface area contributed by atoms with Crippen molar-refractivity contribution < 1.29 is 9.53 Å². The molecule has 0 fully saturated rings. The van der Waals surface area contributed by atoms with Crippen molar-refractivity contribution in [3.63, 3.8) is 0 Å². The second kappa shape index (κ2) is 7.28. The first-order chi connectivity index (χ1) is 11.7. The number of aryl methyl sites for hydroxylation is 2. The molecule has 24 heavy (non-hydrogen) atoms. The van der Waals surface area contributed by atoms with E-state index >= 15 is 0 Å². The zero-order chi connectivity index (χ0) is 16.9. The van der Waals surface area contributed by atoms with Gasteiger partial charge in [-0.25, -0.2) is 4.98 Å². The molecule has 1 aromatic carbocycles. The Morgan fingerprint density at radius 2 is 2.17 bits per heavy atom. The maximum Gasteiger partial charge on any atom is 0.268 e. The quantitative estimate of drug-likeness (QED) is 0.682. The molecule has 0 aliphatic heterocycles. The summed E-state index contributed by atoms with van der Waals surface area (Å²) in [5.74, 6) is 0.164. The third kappa shape index (κ3) is 3.47. The Hall–Kier alpha value is -2.65. The Morgan fingerprint density at radius 1 is 1.38 bits per heavy atom. The topological polar surface area (TPSA) is 75.0 Å². The molecule has 0 radical (unpaired) electrons. The fraction of sp³-hybridized carbons (Fsp3) is 0.278. The van der Waals surface area contributed by atoms with E-state index in [1.54, 1.807) is 19.2 Å². The zero-order valence-corrected chi connectivity index (χ0v) is 14.2. The molecule has 1 aromatic heterocycles. The first-order valence-corrected chi connectivity index (χ1v) is 8.57. The van der Waals surface area contributed by atoms with Gasteiger partial charge in [0.2, 0.25) is 0 Å². The van der Waals surface area contributed by atoms with Crippen LogP contribution in [0.5, 0.6) is 5.75 Å². The molecular weight excluding hydrogens is 322 g/mol. The van der Waals surface area contributed by atoms with Gasteiger partial charge in [0.1, 0.15) is 17.4 Å². The molecule has 0 unspecified atom stereocenters. The van der Waals surface area contributed by atoms with Gasteiger partial charge in [-0.05, 0) is 37.8 Å². The molecule has 5 nitrogen and oxygen atoms in total. The number of thiazole rings is 1. The number of nitrogens with one attached hydrogen (secondary N) is 1. The number of nitrogens with zero attached hydrogens (tertiary/aromatic N) is 2. The normalized spacial score (nSPS) is 13.8. The molecule has 1 N–H and O–H groups in total. The van der Waals surface area contributed by atoms with Crippen molar-refractivity contribution in [2.75, 3.05) is 12.4 Å². The van der Waals surface area contributed by atoms with Crippen LogP contribution in [0.3, 0.4) is 0 Å². The van der Waals surface area contributed by atoms with E-state index in [2.05, 4.69) is 10.3 Å². The number of carbonyl (C=O) groups is 1. The Balaban J connectivity index is 1.80. The third-order valence-electron chi connectivity index (χ3n) is 3.87. The molecule has 1 amide bonds. The number of amides is 1. The van der Waals surface area contributed by atoms with Gasteiger partial charge in [0, 0.05) is 10.4 Å². The molecule has 0 saturated heterocycles. The molecule has 1 aliphatic carbocycles. The maximum atomic E-state index is 12.4. The predicted molar refractivity (Wildman–Crippen MR) is 94.0 cm³/mol. The molecule has 0 spiro atoms. The van der Waals surface area contributed by atoms with Crippen LogP contribution >= 0.6 is 11.3 Å². The lowest BCUT2D eigenvalue weighted by atomic mass is 10.0. The molecule has 1 heterocycles. The summed E-state index contributed by atoms with van der Waals surface area (Å²) in [5, 5.41) is 12.6. The van der Waals surface area contributed by atoms with Crippen molar-refractivity contribution in [2.45, 2.75) is 25.7 Å². The highest BCUT2D eigenvalue weighted by Crippen LogP contribution is 2.30. The number of carbonyl (C=O) groups excluding carboxylic acids is 1. The average Bonchev–Trinajstić information content (AvgIpc) is 3.02. The number of benzene rings is 1. The summed E-state index contributed by atoms with van der Waals surface area (Å²) >= 11 is 1.50. The van der Waals surface area contributed by atoms with Crippen molar-refractivity contribution >= 4 is 28.5 Å². The summed E-state index contributed by atoms with van der Waals surface area (Å²) in [6.07, 6.45) is 5.82. The van der Waals surface area contributed by atoms with Crippen LogP contribution in [0, 0.1) is 11.3 Å². The fourth-order valence-corrected chi connectivity index (χ4v) is 3.70. The summed E-state index contributed by atoms with van der Waals surface area (Å²) in [7, 11) is 1.55. The van der Waals surface area contributed by atoms with Crippen molar-refractivity contribution in [2.24, 2.45) is 0 Å². The van der Waals surface area contributed by atoms with Crippen LogP contribution in [0.1, 0.15) is 29.0 Å². The lowest BCUT2D eigenvalue weighted by Crippen LogP contribution is -2.13. The zero-order valence-electron chi connectivity index (χ0n) is 13.3. The van der Waals surface area contributed by atoms with Crippen LogP contribution in [-0.2, 0) is 17.6 Å². The molecule has 0 bridgehead atoms. The van der Waals surface area contributed by atoms with Gasteiger partial charge in [0.25, 0.3) is 5.91 Å². The maximum absolute atomic E-state index is 12.4. The van der Waals surface area contributed by atoms with Crippen molar-refractivity contribution in [3.8, 4) is 11.8 Å². The minimum atomic E-state index is -0.450. The number of ether oxygens (including phenoxy) is 1. The summed E-state index contributed by atoms with van der Waals surface area (Å²) in [5.41, 5.74) is 1.78. The molecule has 2 aromatic rings. The van der Waals surface area contributed by atoms with E-state index in [9.17, 15) is 10.1 Å². The monoisotopic (exact) mass is 339 g/mol. The van der Waals surface area contributed by atoms with E-state index in [1.165, 1.54) is 28.7 Å². The van der Waals surface area contributed by atoms with Gasteiger partial charge in [-0.2, -0.15) is 5.26 Å². The van der Waals surface area contributed by atoms with Crippen LogP contribution in [-0.4, -0.2) is 18.0 Å². The second-order valence-corrected chi connectivity index (χ2v) is 6.55. The molecule has 3 rings (SSSR count). The summed E-state index contributed by atoms with van der Waals surface area (Å²) in [6.45, 7) is 0. The van der Waals surface area contributed by atoms with Gasteiger partial charge in [0.15, 0.2) is 5.13 Å². The third-order valence-corrected chi connectivity index (χ3v) is 4.94. The number of hydrogen-bond acceptors (Lipinski definition) is 5. The van der Waals surface area contributed by atoms with Gasteiger partial charge < -0.3 is 4.74 Å². The molecule has 1 aliphatic rings. The molecule has 6 heteroatoms. The highest BCUT2D eigenvalue weighted by molar-refractivity contribution is 7.15. The number of hydrogen-bond donors (Lipinski definition) is 1. The van der Waals surface area contributed by atoms with Gasteiger partial charge in [-0.3, -0.25) is 10.1 Å². The number of fused-ring (bicyclic) bond motifs is 1. The highest BCUT2D eigenvalue weighted by atomic mass is 32.1. The van der Waals surface area contributed by atoms with E-state index in [4.69, 9.17) is 4.74 Å². The number of rotatable bonds is 4. The number of aromatic nitrogens is 1. The Morgan fingerprint density at radius 3 is 2.92 bits per heavy atom. The molecular formula is C18H17N3O2S. The summed E-state index contributed by atoms with van der Waals surface area (Å²) in [6, 6.07) is 9.20. The van der Waals surface area contributed by atoms with Crippen molar-refractivity contribution in [1.82, 2.24) is 4.98 Å². The van der Waals surface area contributed by atoms with E-state index in [0.717, 1.165) is 25.0 Å². The minimum absolute atomic E-state index is 0.0210. The SMILES string of the molecule is COc1ccccc1C=C(C#N)C(=O)Nc1nc2c(s1)CCCC2. The number of nitriles is 1. The molecule has 122 valence electrons. The Labute approximate surface area is 144 Å². The standard InChI is InChI=1S/C18H17N3O2S/c1-23-15-8-4-2-6-12(15)10-13(11-19)17(22)21-18-20-14-7-3-5-9-16(14)24-18/h2,4,6,8,10H,3,5,7,9H2,1H3,(H,20,21,22). The van der Waals surface area contributed by atoms with E-state index in [0.29, 0.717) is 16.4 Å². The van der Waals surface area contributed by atoms with E-state index < -0.39 is 5.91 Å². The van der Waals surface area contributed by atoms with Crippen molar-refractivity contribution in [1.29, 1.82) is 5.26 Å². The summed E-state index contributed by atoms with van der Waals surface area (Å²) in [4.78, 5) is 18.1. The average molecular weight is 339 g/mol. The Kier molecular flexibility index (Phi) is 4.92. The van der Waals surface area contributed by atoms with E-state index in [1.807, 2.05) is 18.2 Å². The van der Waals surface area contributed by atoms with Crippen LogP contribution in [0.15, 0.2) is 29.8 Å². The highest BCUT2D eigenvalue weighted by Gasteiger charge is 2.18. The number of methoxy groups -OCH3 is 1.